The molecule has 1 aliphatic rings. The molecule has 1 N–H and O–H groups in total. The molecular weight excluding hydrogens is 332 g/mol. The van der Waals surface area contributed by atoms with Crippen molar-refractivity contribution < 1.29 is 8.78 Å². The van der Waals surface area contributed by atoms with Crippen molar-refractivity contribution in [3.8, 4) is 0 Å². The molecule has 5 heteroatoms. The number of nitrogens with one attached hydrogen (secondary N) is 1. The summed E-state index contributed by atoms with van der Waals surface area (Å²) in [7, 11) is 0. The van der Waals surface area contributed by atoms with Crippen molar-refractivity contribution in [2.75, 3.05) is 37.6 Å². The Balaban J connectivity index is 1.71. The van der Waals surface area contributed by atoms with Gasteiger partial charge in [0.15, 0.2) is 0 Å². The lowest BCUT2D eigenvalue weighted by Gasteiger charge is -2.37. The number of rotatable bonds is 6. The number of nitrogens with zero attached hydrogens (tertiary/aromatic N) is 2. The van der Waals surface area contributed by atoms with E-state index in [1.807, 2.05) is 13.0 Å². The minimum absolute atomic E-state index is 0.00467. The Hall–Kier alpha value is -1.98. The van der Waals surface area contributed by atoms with E-state index in [9.17, 15) is 8.78 Å². The van der Waals surface area contributed by atoms with E-state index in [4.69, 9.17) is 0 Å². The largest absolute Gasteiger partial charge is 0.369 e. The maximum Gasteiger partial charge on any atom is 0.123 e. The summed E-state index contributed by atoms with van der Waals surface area (Å²) in [6.07, 6.45) is 0. The molecule has 3 nitrogen and oxygen atoms in total. The zero-order valence-electron chi connectivity index (χ0n) is 15.5. The summed E-state index contributed by atoms with van der Waals surface area (Å²) in [5.74, 6) is -0.452. The molecule has 1 fully saturated rings. The van der Waals surface area contributed by atoms with E-state index in [1.54, 1.807) is 18.2 Å². The van der Waals surface area contributed by atoms with Gasteiger partial charge in [-0.15, -0.1) is 0 Å². The van der Waals surface area contributed by atoms with E-state index < -0.39 is 0 Å². The molecule has 26 heavy (non-hydrogen) atoms. The standard InChI is InChI=1S/C21H27F2N3/c1-3-25-10-12-26(13-11-25)21-9-8-19(23)14-20(21)16(2)24-15-17-4-6-18(22)7-5-17/h4-9,14,16,24H,3,10-13,15H2,1-2H3. The highest BCUT2D eigenvalue weighted by molar-refractivity contribution is 5.55. The van der Waals surface area contributed by atoms with Gasteiger partial charge in [-0.1, -0.05) is 19.1 Å². The first-order valence-corrected chi connectivity index (χ1v) is 9.31. The second-order valence-electron chi connectivity index (χ2n) is 6.85. The zero-order valence-corrected chi connectivity index (χ0v) is 15.5. The van der Waals surface area contributed by atoms with E-state index in [0.717, 1.165) is 49.5 Å². The molecule has 0 radical (unpaired) electrons. The third kappa shape index (κ3) is 4.59. The van der Waals surface area contributed by atoms with E-state index in [2.05, 4.69) is 22.0 Å². The van der Waals surface area contributed by atoms with E-state index in [-0.39, 0.29) is 17.7 Å². The van der Waals surface area contributed by atoms with E-state index >= 15 is 0 Å². The summed E-state index contributed by atoms with van der Waals surface area (Å²) in [4.78, 5) is 4.77. The highest BCUT2D eigenvalue weighted by Crippen LogP contribution is 2.28. The topological polar surface area (TPSA) is 18.5 Å². The average Bonchev–Trinajstić information content (AvgIpc) is 2.67. The number of piperazine rings is 1. The van der Waals surface area contributed by atoms with Gasteiger partial charge in [0.25, 0.3) is 0 Å². The summed E-state index contributed by atoms with van der Waals surface area (Å²) in [6, 6.07) is 11.5. The minimum Gasteiger partial charge on any atom is -0.369 e. The second kappa shape index (κ2) is 8.60. The summed E-state index contributed by atoms with van der Waals surface area (Å²) in [6.45, 7) is 9.88. The first-order chi connectivity index (χ1) is 12.6. The molecule has 1 saturated heterocycles. The Morgan fingerprint density at radius 1 is 0.962 bits per heavy atom. The van der Waals surface area contributed by atoms with Gasteiger partial charge in [0.1, 0.15) is 11.6 Å². The van der Waals surface area contributed by atoms with Crippen LogP contribution in [-0.2, 0) is 6.54 Å². The first kappa shape index (κ1) is 18.8. The number of halogens is 2. The van der Waals surface area contributed by atoms with Crippen LogP contribution in [0.5, 0.6) is 0 Å². The molecular formula is C21H27F2N3. The maximum atomic E-state index is 13.9. The molecule has 1 atom stereocenters. The van der Waals surface area contributed by atoms with Gasteiger partial charge in [-0.05, 0) is 54.9 Å². The van der Waals surface area contributed by atoms with Crippen LogP contribution in [0.2, 0.25) is 0 Å². The van der Waals surface area contributed by atoms with Crippen LogP contribution in [0.1, 0.15) is 31.0 Å². The van der Waals surface area contributed by atoms with Crippen molar-refractivity contribution >= 4 is 5.69 Å². The lowest BCUT2D eigenvalue weighted by atomic mass is 10.0. The Labute approximate surface area is 154 Å². The molecule has 1 aliphatic heterocycles. The van der Waals surface area contributed by atoms with Crippen LogP contribution in [0.25, 0.3) is 0 Å². The van der Waals surface area contributed by atoms with E-state index in [1.165, 1.54) is 18.2 Å². The van der Waals surface area contributed by atoms with Gasteiger partial charge in [0, 0.05) is 44.5 Å². The molecule has 3 rings (SSSR count). The molecule has 1 unspecified atom stereocenters. The van der Waals surface area contributed by atoms with Crippen LogP contribution < -0.4 is 10.2 Å². The molecule has 0 aliphatic carbocycles. The number of likely N-dealkylation sites (N-methyl/N-ethyl adjacent to an activating group) is 1. The number of anilines is 1. The van der Waals surface area contributed by atoms with Gasteiger partial charge in [-0.2, -0.15) is 0 Å². The predicted octanol–water partition coefficient (Wildman–Crippen LogP) is 3.96. The molecule has 2 aromatic carbocycles. The lowest BCUT2D eigenvalue weighted by Crippen LogP contribution is -2.46. The highest BCUT2D eigenvalue weighted by Gasteiger charge is 2.20. The van der Waals surface area contributed by atoms with Gasteiger partial charge in [0.2, 0.25) is 0 Å². The van der Waals surface area contributed by atoms with Crippen molar-refractivity contribution in [3.05, 3.63) is 65.2 Å². The van der Waals surface area contributed by atoms with Gasteiger partial charge in [-0.3, -0.25) is 0 Å². The molecule has 140 valence electrons. The number of hydrogen-bond acceptors (Lipinski definition) is 3. The van der Waals surface area contributed by atoms with E-state index in [0.29, 0.717) is 6.54 Å². The summed E-state index contributed by atoms with van der Waals surface area (Å²) >= 11 is 0. The van der Waals surface area contributed by atoms with Crippen LogP contribution in [0.4, 0.5) is 14.5 Å². The number of benzene rings is 2. The highest BCUT2D eigenvalue weighted by atomic mass is 19.1. The van der Waals surface area contributed by atoms with Crippen LogP contribution in [0.3, 0.4) is 0 Å². The molecule has 0 bridgehead atoms. The quantitative estimate of drug-likeness (QED) is 0.842. The van der Waals surface area contributed by atoms with Crippen molar-refractivity contribution in [1.82, 2.24) is 10.2 Å². The monoisotopic (exact) mass is 359 g/mol. The average molecular weight is 359 g/mol. The van der Waals surface area contributed by atoms with Crippen molar-refractivity contribution in [2.24, 2.45) is 0 Å². The van der Waals surface area contributed by atoms with Crippen LogP contribution in [0.15, 0.2) is 42.5 Å². The van der Waals surface area contributed by atoms with Crippen molar-refractivity contribution in [1.29, 1.82) is 0 Å². The molecule has 0 spiro atoms. The molecule has 0 amide bonds. The first-order valence-electron chi connectivity index (χ1n) is 9.31. The predicted molar refractivity (Wildman–Crippen MR) is 102 cm³/mol. The Morgan fingerprint density at radius 2 is 1.62 bits per heavy atom. The van der Waals surface area contributed by atoms with Gasteiger partial charge in [-0.25, -0.2) is 8.78 Å². The van der Waals surface area contributed by atoms with Gasteiger partial charge in [0.05, 0.1) is 0 Å². The maximum absolute atomic E-state index is 13.9. The summed E-state index contributed by atoms with van der Waals surface area (Å²) < 4.78 is 26.9. The van der Waals surface area contributed by atoms with Crippen LogP contribution in [0, 0.1) is 11.6 Å². The molecule has 1 heterocycles. The van der Waals surface area contributed by atoms with Gasteiger partial charge < -0.3 is 15.1 Å². The fraction of sp³-hybridized carbons (Fsp3) is 0.429. The minimum atomic E-state index is -0.236. The Bertz CT molecular complexity index is 710. The molecule has 2 aromatic rings. The third-order valence-electron chi connectivity index (χ3n) is 5.14. The smallest absolute Gasteiger partial charge is 0.123 e. The van der Waals surface area contributed by atoms with Crippen molar-refractivity contribution in [3.63, 3.8) is 0 Å². The second-order valence-corrected chi connectivity index (χ2v) is 6.85. The fourth-order valence-electron chi connectivity index (χ4n) is 3.45. The van der Waals surface area contributed by atoms with Crippen molar-refractivity contribution in [2.45, 2.75) is 26.4 Å². The fourth-order valence-corrected chi connectivity index (χ4v) is 3.45. The molecule has 0 saturated carbocycles. The Morgan fingerprint density at radius 3 is 2.27 bits per heavy atom. The Kier molecular flexibility index (Phi) is 6.22. The zero-order chi connectivity index (χ0) is 18.5. The summed E-state index contributed by atoms with van der Waals surface area (Å²) in [5, 5.41) is 3.44. The summed E-state index contributed by atoms with van der Waals surface area (Å²) in [5.41, 5.74) is 3.08. The van der Waals surface area contributed by atoms with Crippen LogP contribution in [-0.4, -0.2) is 37.6 Å². The normalized spacial score (nSPS) is 16.7. The third-order valence-corrected chi connectivity index (χ3v) is 5.14. The SMILES string of the molecule is CCN1CCN(c2ccc(F)cc2C(C)NCc2ccc(F)cc2)CC1. The van der Waals surface area contributed by atoms with Gasteiger partial charge >= 0.3 is 0 Å². The number of hydrogen-bond donors (Lipinski definition) is 1. The molecule has 0 aromatic heterocycles. The van der Waals surface area contributed by atoms with Crippen LogP contribution >= 0.6 is 0 Å². The lowest BCUT2D eigenvalue weighted by molar-refractivity contribution is 0.271.